The predicted octanol–water partition coefficient (Wildman–Crippen LogP) is 23.2. The van der Waals surface area contributed by atoms with Crippen molar-refractivity contribution in [1.82, 2.24) is 19.0 Å². The van der Waals surface area contributed by atoms with Crippen LogP contribution in [0, 0.1) is 15.6 Å². The first-order chi connectivity index (χ1) is 43.8. The van der Waals surface area contributed by atoms with Gasteiger partial charge in [-0.1, -0.05) is 198 Å². The third-order valence-electron chi connectivity index (χ3n) is 18.1. The maximum absolute atomic E-state index is 3.67. The van der Waals surface area contributed by atoms with Gasteiger partial charge in [-0.05, 0) is 191 Å². The second-order valence-corrected chi connectivity index (χ2v) is 26.4. The molecule has 434 valence electrons. The molecule has 1 N–H and O–H groups in total. The van der Waals surface area contributed by atoms with E-state index in [0.717, 1.165) is 33.0 Å². The lowest BCUT2D eigenvalue weighted by atomic mass is 9.83. The highest BCUT2D eigenvalue weighted by molar-refractivity contribution is 14.1. The molecule has 0 radical (unpaired) electrons. The van der Waals surface area contributed by atoms with Gasteiger partial charge in [0, 0.05) is 86.0 Å². The van der Waals surface area contributed by atoms with E-state index in [2.05, 4.69) is 348 Å². The van der Waals surface area contributed by atoms with E-state index in [-0.39, 0.29) is 0 Å². The Kier molecular flexibility index (Phi) is 17.0. The molecule has 1 fully saturated rings. The Morgan fingerprint density at radius 2 is 0.933 bits per heavy atom. The van der Waals surface area contributed by atoms with E-state index in [1.54, 1.807) is 0 Å². The molecule has 3 aliphatic rings. The topological polar surface area (TPSA) is 26.8 Å². The second-order valence-electron chi connectivity index (χ2n) is 23.3. The quantitative estimate of drug-likeness (QED) is 0.125. The van der Waals surface area contributed by atoms with Crippen molar-refractivity contribution in [3.63, 3.8) is 0 Å². The van der Waals surface area contributed by atoms with E-state index in [1.165, 1.54) is 157 Å². The summed E-state index contributed by atoms with van der Waals surface area (Å²) in [5.74, 6) is 0.957. The number of aromatic nitrogens is 3. The smallest absolute Gasteiger partial charge is 0.107 e. The fraction of sp³-hybridized carbons (Fsp3) is 0.122. The van der Waals surface area contributed by atoms with Crippen molar-refractivity contribution in [3.8, 4) is 39.3 Å². The van der Waals surface area contributed by atoms with Crippen LogP contribution >= 0.6 is 54.5 Å². The molecule has 7 heteroatoms. The predicted molar refractivity (Wildman–Crippen MR) is 394 cm³/mol. The molecule has 89 heavy (non-hydrogen) atoms. The van der Waals surface area contributed by atoms with Gasteiger partial charge < -0.3 is 19.0 Å². The first-order valence-corrected chi connectivity index (χ1v) is 33.6. The fourth-order valence-corrected chi connectivity index (χ4v) is 15.6. The van der Waals surface area contributed by atoms with E-state index in [4.69, 9.17) is 0 Å². The zero-order chi connectivity index (χ0) is 60.4. The van der Waals surface area contributed by atoms with Crippen molar-refractivity contribution in [3.05, 3.63) is 308 Å². The zero-order valence-electron chi connectivity index (χ0n) is 49.9. The lowest BCUT2D eigenvalue weighted by Crippen LogP contribution is -2.35. The van der Waals surface area contributed by atoms with Crippen molar-refractivity contribution < 1.29 is 0 Å². The van der Waals surface area contributed by atoms with E-state index in [1.807, 2.05) is 18.2 Å². The van der Waals surface area contributed by atoms with Gasteiger partial charge in [0.15, 0.2) is 0 Å². The summed E-state index contributed by atoms with van der Waals surface area (Å²) in [7, 11) is 2.10. The number of fused-ring (bicyclic) bond motifs is 11. The molecule has 0 unspecified atom stereocenters. The molecule has 0 amide bonds. The van der Waals surface area contributed by atoms with Crippen LogP contribution in [0.5, 0.6) is 0 Å². The molecule has 0 spiro atoms. The molecular formula is C82H66Br2IN4+. The summed E-state index contributed by atoms with van der Waals surface area (Å²) in [6.45, 7) is 2.31. The monoisotopic (exact) mass is 1390 g/mol. The first-order valence-electron chi connectivity index (χ1n) is 31.0. The summed E-state index contributed by atoms with van der Waals surface area (Å²) >= 11 is 9.31. The van der Waals surface area contributed by atoms with Gasteiger partial charge in [-0.15, -0.1) is 0 Å². The Hall–Kier alpha value is -8.40. The van der Waals surface area contributed by atoms with E-state index in [9.17, 15) is 0 Å². The molecule has 17 rings (SSSR count). The number of nitrogens with one attached hydrogen (secondary N) is 1. The van der Waals surface area contributed by atoms with Crippen LogP contribution in [0.25, 0.3) is 110 Å². The van der Waals surface area contributed by atoms with Crippen LogP contribution in [-0.4, -0.2) is 26.8 Å². The minimum absolute atomic E-state index is 0.818. The van der Waals surface area contributed by atoms with Crippen molar-refractivity contribution in [1.29, 1.82) is 0 Å². The molecule has 0 bridgehead atoms. The Morgan fingerprint density at radius 1 is 0.449 bits per heavy atom. The second kappa shape index (κ2) is 26.0. The minimum atomic E-state index is 0.818. The largest absolute Gasteiger partial charge is 0.317 e. The molecule has 3 aliphatic carbocycles. The standard InChI is InChI=1S/C36H23BrN2.C31H20N.C9H19N.C6H4BrI/c37-26-9-8-12-28(23-26)39-33-15-6-4-13-29(33)31-19-17-25(22-36(31)39)24-18-20-35-32(21-24)30-14-5-7-16-34(30)38(35)27-10-2-1-3-11-27;1-2-9-25(10-3-1)32-30-13-7-6-12-28(30)29-20-22(15-17-31(29)32)21-14-16-27-24(18-21)19-23-8-4-5-11-26(23)27;1-3-8-6-4-5-7-9(8)10-2;7-5-2-1-3-6(8)4-5/h1-23H;1-3,5-18,20H,19H2;8-10H,3-7H2,1-2H3;1-4H/q;+1;;/t;;8-,9-;/m..1./s1. The number of allylic oxidation sites excluding steroid dienone is 6. The van der Waals surface area contributed by atoms with Gasteiger partial charge in [-0.3, -0.25) is 0 Å². The summed E-state index contributed by atoms with van der Waals surface area (Å²) in [6, 6.07) is 92.4. The van der Waals surface area contributed by atoms with Crippen LogP contribution in [-0.2, 0) is 6.42 Å². The fourth-order valence-electron chi connectivity index (χ4n) is 13.9. The number of hydrogen-bond acceptors (Lipinski definition) is 1. The number of halogens is 3. The molecular weight excluding hydrogens is 1330 g/mol. The lowest BCUT2D eigenvalue weighted by Gasteiger charge is -2.30. The van der Waals surface area contributed by atoms with Gasteiger partial charge in [-0.25, -0.2) is 0 Å². The van der Waals surface area contributed by atoms with Crippen LogP contribution in [0.15, 0.2) is 288 Å². The third-order valence-corrected chi connectivity index (χ3v) is 19.8. The van der Waals surface area contributed by atoms with Gasteiger partial charge in [-0.2, -0.15) is 0 Å². The van der Waals surface area contributed by atoms with Crippen LogP contribution in [0.2, 0.25) is 0 Å². The maximum atomic E-state index is 3.67. The Labute approximate surface area is 551 Å². The first kappa shape index (κ1) is 58.3. The average Bonchev–Trinajstić information content (AvgIpc) is 1.71. The summed E-state index contributed by atoms with van der Waals surface area (Å²) in [5, 5.41) is 11.0. The highest BCUT2D eigenvalue weighted by Gasteiger charge is 2.27. The molecule has 3 heterocycles. The highest BCUT2D eigenvalue weighted by atomic mass is 127. The van der Waals surface area contributed by atoms with E-state index < -0.39 is 0 Å². The number of benzene rings is 11. The van der Waals surface area contributed by atoms with E-state index in [0.29, 0.717) is 0 Å². The van der Waals surface area contributed by atoms with Crippen molar-refractivity contribution in [2.24, 2.45) is 5.92 Å². The van der Waals surface area contributed by atoms with Crippen molar-refractivity contribution in [2.45, 2.75) is 51.5 Å². The van der Waals surface area contributed by atoms with Crippen molar-refractivity contribution >= 4 is 125 Å². The van der Waals surface area contributed by atoms with Gasteiger partial charge in [0.05, 0.1) is 50.3 Å². The van der Waals surface area contributed by atoms with Gasteiger partial charge >= 0.3 is 0 Å². The van der Waals surface area contributed by atoms with Gasteiger partial charge in [0.2, 0.25) is 0 Å². The van der Waals surface area contributed by atoms with Gasteiger partial charge in [0.1, 0.15) is 12.2 Å². The normalized spacial score (nSPS) is 14.9. The van der Waals surface area contributed by atoms with Crippen LogP contribution in [0.4, 0.5) is 0 Å². The number of hydrogen-bond donors (Lipinski definition) is 1. The number of nitrogens with zero attached hydrogens (tertiary/aromatic N) is 3. The number of para-hydroxylation sites is 5. The molecule has 3 aromatic heterocycles. The van der Waals surface area contributed by atoms with Crippen molar-refractivity contribution in [2.75, 3.05) is 7.05 Å². The Morgan fingerprint density at radius 3 is 1.49 bits per heavy atom. The molecule has 0 saturated heterocycles. The van der Waals surface area contributed by atoms with Crippen LogP contribution < -0.4 is 5.32 Å². The molecule has 4 nitrogen and oxygen atoms in total. The Balaban J connectivity index is 0.000000123. The molecule has 11 aromatic carbocycles. The summed E-state index contributed by atoms with van der Waals surface area (Å²) in [4.78, 5) is 0. The maximum Gasteiger partial charge on any atom is 0.107 e. The summed E-state index contributed by atoms with van der Waals surface area (Å²) in [6.07, 6.45) is 17.6. The summed E-state index contributed by atoms with van der Waals surface area (Å²) < 4.78 is 10.6. The van der Waals surface area contributed by atoms with Gasteiger partial charge in [0.25, 0.3) is 0 Å². The molecule has 14 aromatic rings. The lowest BCUT2D eigenvalue weighted by molar-refractivity contribution is 0.267. The van der Waals surface area contributed by atoms with E-state index >= 15 is 0 Å². The third kappa shape index (κ3) is 11.7. The highest BCUT2D eigenvalue weighted by Crippen LogP contribution is 2.42. The summed E-state index contributed by atoms with van der Waals surface area (Å²) in [5.41, 5.74) is 21.3. The minimum Gasteiger partial charge on any atom is -0.317 e. The SMILES string of the molecule is Brc1cccc(-n2c3ccccc3c3ccc(-c4ccc5c(c4)c4ccccc4n5-c4ccccc4)cc32)c1.Brc1cccc(I)c1.CC[C@@H]1CCCC[C@H]1NC.[C+]1=CC2=C(C=C1)c1ccc(-c3ccc4c(c3)c3ccccc3n4-c3ccccc3)cc1C2. The van der Waals surface area contributed by atoms with Crippen LogP contribution in [0.1, 0.15) is 50.2 Å². The molecule has 2 atom stereocenters. The van der Waals surface area contributed by atoms with Crippen LogP contribution in [0.3, 0.4) is 0 Å². The molecule has 0 aliphatic heterocycles. The number of rotatable bonds is 7. The average molecular weight is 1390 g/mol. The molecule has 1 saturated carbocycles. The zero-order valence-corrected chi connectivity index (χ0v) is 55.2. The Bertz CT molecular complexity index is 5000.